The van der Waals surface area contributed by atoms with Crippen molar-refractivity contribution in [3.8, 4) is 5.88 Å². The van der Waals surface area contributed by atoms with Crippen molar-refractivity contribution in [2.24, 2.45) is 0 Å². The third-order valence-electron chi connectivity index (χ3n) is 3.60. The summed E-state index contributed by atoms with van der Waals surface area (Å²) in [6, 6.07) is 12.9. The van der Waals surface area contributed by atoms with Gasteiger partial charge in [-0.15, -0.1) is 0 Å². The SMILES string of the molecule is COc1cccc(NC2CCN(c3ccc(Br)cc3)C2=O)n1. The quantitative estimate of drug-likeness (QED) is 0.908. The maximum absolute atomic E-state index is 12.5. The Kier molecular flexibility index (Phi) is 4.29. The molecule has 1 aliphatic rings. The lowest BCUT2D eigenvalue weighted by Gasteiger charge is -2.17. The number of halogens is 1. The van der Waals surface area contributed by atoms with E-state index in [4.69, 9.17) is 4.74 Å². The number of carbonyl (C=O) groups is 1. The average Bonchev–Trinajstić information content (AvgIpc) is 2.89. The van der Waals surface area contributed by atoms with Crippen molar-refractivity contribution >= 4 is 33.3 Å². The molecule has 3 rings (SSSR count). The van der Waals surface area contributed by atoms with Crippen molar-refractivity contribution in [1.82, 2.24) is 4.98 Å². The Morgan fingerprint density at radius 3 is 2.77 bits per heavy atom. The van der Waals surface area contributed by atoms with Crippen LogP contribution in [0.4, 0.5) is 11.5 Å². The molecule has 0 saturated carbocycles. The highest BCUT2D eigenvalue weighted by molar-refractivity contribution is 9.10. The van der Waals surface area contributed by atoms with Gasteiger partial charge >= 0.3 is 0 Å². The van der Waals surface area contributed by atoms with Gasteiger partial charge in [-0.2, -0.15) is 4.98 Å². The lowest BCUT2D eigenvalue weighted by Crippen LogP contribution is -2.33. The summed E-state index contributed by atoms with van der Waals surface area (Å²) in [5.41, 5.74) is 0.913. The van der Waals surface area contributed by atoms with E-state index in [9.17, 15) is 4.79 Å². The van der Waals surface area contributed by atoms with Gasteiger partial charge in [-0.05, 0) is 36.8 Å². The summed E-state index contributed by atoms with van der Waals surface area (Å²) in [4.78, 5) is 18.6. The monoisotopic (exact) mass is 361 g/mol. The van der Waals surface area contributed by atoms with Crippen molar-refractivity contribution in [2.75, 3.05) is 23.9 Å². The highest BCUT2D eigenvalue weighted by Gasteiger charge is 2.32. The first-order valence-corrected chi connectivity index (χ1v) is 7.81. The zero-order chi connectivity index (χ0) is 15.5. The number of hydrogen-bond donors (Lipinski definition) is 1. The second-order valence-electron chi connectivity index (χ2n) is 5.02. The number of amides is 1. The van der Waals surface area contributed by atoms with Gasteiger partial charge in [0.15, 0.2) is 0 Å². The minimum atomic E-state index is -0.261. The van der Waals surface area contributed by atoms with Gasteiger partial charge in [-0.25, -0.2) is 0 Å². The molecule has 114 valence electrons. The van der Waals surface area contributed by atoms with Gasteiger partial charge in [0.2, 0.25) is 11.8 Å². The lowest BCUT2D eigenvalue weighted by atomic mass is 10.2. The zero-order valence-corrected chi connectivity index (χ0v) is 13.7. The number of hydrogen-bond acceptors (Lipinski definition) is 4. The van der Waals surface area contributed by atoms with Crippen LogP contribution in [-0.2, 0) is 4.79 Å². The standard InChI is InChI=1S/C16H16BrN3O2/c1-22-15-4-2-3-14(19-15)18-13-9-10-20(16(13)21)12-7-5-11(17)6-8-12/h2-8,13H,9-10H2,1H3,(H,18,19). The Labute approximate surface area is 137 Å². The van der Waals surface area contributed by atoms with Gasteiger partial charge in [-0.1, -0.05) is 22.0 Å². The largest absolute Gasteiger partial charge is 0.481 e. The van der Waals surface area contributed by atoms with Gasteiger partial charge in [0, 0.05) is 22.8 Å². The van der Waals surface area contributed by atoms with E-state index in [1.54, 1.807) is 18.1 Å². The molecular formula is C16H16BrN3O2. The smallest absolute Gasteiger partial charge is 0.249 e. The Balaban J connectivity index is 1.72. The van der Waals surface area contributed by atoms with Crippen molar-refractivity contribution in [3.63, 3.8) is 0 Å². The Bertz CT molecular complexity index is 675. The molecule has 1 unspecified atom stereocenters. The normalized spacial score (nSPS) is 17.6. The molecule has 2 aromatic rings. The van der Waals surface area contributed by atoms with E-state index < -0.39 is 0 Å². The molecule has 1 aromatic heterocycles. The van der Waals surface area contributed by atoms with E-state index in [-0.39, 0.29) is 11.9 Å². The molecule has 5 nitrogen and oxygen atoms in total. The van der Waals surface area contributed by atoms with Gasteiger partial charge in [-0.3, -0.25) is 4.79 Å². The van der Waals surface area contributed by atoms with Crippen molar-refractivity contribution < 1.29 is 9.53 Å². The molecule has 22 heavy (non-hydrogen) atoms. The van der Waals surface area contributed by atoms with Crippen LogP contribution in [0.2, 0.25) is 0 Å². The third-order valence-corrected chi connectivity index (χ3v) is 4.13. The second kappa shape index (κ2) is 6.36. The molecule has 1 saturated heterocycles. The summed E-state index contributed by atoms with van der Waals surface area (Å²) < 4.78 is 6.10. The number of carbonyl (C=O) groups excluding carboxylic acids is 1. The first kappa shape index (κ1) is 14.8. The Morgan fingerprint density at radius 2 is 2.05 bits per heavy atom. The maximum Gasteiger partial charge on any atom is 0.249 e. The molecule has 1 amide bonds. The molecule has 1 aromatic carbocycles. The fraction of sp³-hybridized carbons (Fsp3) is 0.250. The number of aromatic nitrogens is 1. The van der Waals surface area contributed by atoms with Crippen LogP contribution < -0.4 is 15.0 Å². The predicted octanol–water partition coefficient (Wildman–Crippen LogP) is 3.07. The van der Waals surface area contributed by atoms with Crippen LogP contribution in [0.5, 0.6) is 5.88 Å². The average molecular weight is 362 g/mol. The summed E-state index contributed by atoms with van der Waals surface area (Å²) in [5, 5.41) is 3.18. The fourth-order valence-electron chi connectivity index (χ4n) is 2.48. The van der Waals surface area contributed by atoms with Gasteiger partial charge in [0.25, 0.3) is 0 Å². The minimum absolute atomic E-state index is 0.0620. The van der Waals surface area contributed by atoms with Crippen LogP contribution in [0.15, 0.2) is 46.9 Å². The highest BCUT2D eigenvalue weighted by atomic mass is 79.9. The van der Waals surface area contributed by atoms with E-state index in [1.807, 2.05) is 36.4 Å². The molecule has 0 aliphatic carbocycles. The second-order valence-corrected chi connectivity index (χ2v) is 5.93. The van der Waals surface area contributed by atoms with E-state index in [0.29, 0.717) is 18.2 Å². The number of nitrogens with zero attached hydrogens (tertiary/aromatic N) is 2. The van der Waals surface area contributed by atoms with Crippen LogP contribution in [0, 0.1) is 0 Å². The minimum Gasteiger partial charge on any atom is -0.481 e. The predicted molar refractivity (Wildman–Crippen MR) is 89.3 cm³/mol. The zero-order valence-electron chi connectivity index (χ0n) is 12.1. The van der Waals surface area contributed by atoms with Crippen molar-refractivity contribution in [2.45, 2.75) is 12.5 Å². The number of pyridine rings is 1. The molecule has 1 fully saturated rings. The first-order chi connectivity index (χ1) is 10.7. The summed E-state index contributed by atoms with van der Waals surface area (Å²) in [6.07, 6.45) is 0.744. The summed E-state index contributed by atoms with van der Waals surface area (Å²) in [7, 11) is 1.57. The first-order valence-electron chi connectivity index (χ1n) is 7.02. The van der Waals surface area contributed by atoms with Crippen LogP contribution in [-0.4, -0.2) is 30.6 Å². The number of methoxy groups -OCH3 is 1. The van der Waals surface area contributed by atoms with Crippen LogP contribution in [0.3, 0.4) is 0 Å². The van der Waals surface area contributed by atoms with E-state index in [2.05, 4.69) is 26.2 Å². The van der Waals surface area contributed by atoms with E-state index >= 15 is 0 Å². The van der Waals surface area contributed by atoms with Crippen LogP contribution >= 0.6 is 15.9 Å². The molecule has 2 heterocycles. The molecule has 1 aliphatic heterocycles. The van der Waals surface area contributed by atoms with Gasteiger partial charge < -0.3 is 15.0 Å². The molecule has 0 radical (unpaired) electrons. The summed E-state index contributed by atoms with van der Waals surface area (Å²) in [5.74, 6) is 1.24. The van der Waals surface area contributed by atoms with E-state index in [1.165, 1.54) is 0 Å². The summed E-state index contributed by atoms with van der Waals surface area (Å²) >= 11 is 3.40. The van der Waals surface area contributed by atoms with Crippen molar-refractivity contribution in [1.29, 1.82) is 0 Å². The maximum atomic E-state index is 12.5. The van der Waals surface area contributed by atoms with E-state index in [0.717, 1.165) is 16.6 Å². The molecule has 6 heteroatoms. The third kappa shape index (κ3) is 3.06. The van der Waals surface area contributed by atoms with Gasteiger partial charge in [0.1, 0.15) is 11.9 Å². The summed E-state index contributed by atoms with van der Waals surface area (Å²) in [6.45, 7) is 0.697. The highest BCUT2D eigenvalue weighted by Crippen LogP contribution is 2.25. The molecule has 1 atom stereocenters. The number of anilines is 2. The van der Waals surface area contributed by atoms with Crippen molar-refractivity contribution in [3.05, 3.63) is 46.9 Å². The van der Waals surface area contributed by atoms with Crippen LogP contribution in [0.1, 0.15) is 6.42 Å². The number of ether oxygens (including phenoxy) is 1. The molecule has 1 N–H and O–H groups in total. The van der Waals surface area contributed by atoms with Gasteiger partial charge in [0.05, 0.1) is 7.11 Å². The van der Waals surface area contributed by atoms with Crippen LogP contribution in [0.25, 0.3) is 0 Å². The number of nitrogens with one attached hydrogen (secondary N) is 1. The fourth-order valence-corrected chi connectivity index (χ4v) is 2.74. The lowest BCUT2D eigenvalue weighted by molar-refractivity contribution is -0.117. The Hall–Kier alpha value is -2.08. The molecule has 0 bridgehead atoms. The topological polar surface area (TPSA) is 54.5 Å². The molecule has 0 spiro atoms. The number of benzene rings is 1. The Morgan fingerprint density at radius 1 is 1.27 bits per heavy atom. The molecular weight excluding hydrogens is 346 g/mol. The number of rotatable bonds is 4.